The van der Waals surface area contributed by atoms with Crippen molar-refractivity contribution in [3.05, 3.63) is 65.7 Å². The van der Waals surface area contributed by atoms with Gasteiger partial charge in [0.25, 0.3) is 0 Å². The van der Waals surface area contributed by atoms with Gasteiger partial charge in [-0.05, 0) is 63.3 Å². The van der Waals surface area contributed by atoms with Gasteiger partial charge in [-0.25, -0.2) is 4.79 Å². The average Bonchev–Trinajstić information content (AvgIpc) is 3.24. The van der Waals surface area contributed by atoms with E-state index in [1.165, 1.54) is 11.8 Å². The molecule has 0 bridgehead atoms. The first kappa shape index (κ1) is 27.6. The van der Waals surface area contributed by atoms with E-state index in [2.05, 4.69) is 10.6 Å². The molecule has 2 aromatic carbocycles. The number of carbonyl (C=O) groups is 3. The van der Waals surface area contributed by atoms with E-state index in [0.29, 0.717) is 6.42 Å². The van der Waals surface area contributed by atoms with E-state index in [9.17, 15) is 14.4 Å². The highest BCUT2D eigenvalue weighted by Crippen LogP contribution is 2.30. The molecule has 0 spiro atoms. The van der Waals surface area contributed by atoms with Gasteiger partial charge in [-0.2, -0.15) is 0 Å². The fourth-order valence-corrected chi connectivity index (χ4v) is 5.17. The standard InChI is InChI=1S/C28H36N2O5S/c1-19(31)36-24-15-12-22(17-24)29-26(32)25(30-27(33)34-18-21-8-6-5-7-9-21)16-20-10-13-23(14-11-20)35-28(2,3)4/h5-11,13-14,22,24-25H,12,15-18H2,1-4H3,(H,29,32)(H,30,33). The maximum Gasteiger partial charge on any atom is 0.408 e. The third-order valence-corrected chi connectivity index (χ3v) is 6.77. The number of benzene rings is 2. The maximum absolute atomic E-state index is 13.2. The molecule has 3 unspecified atom stereocenters. The third kappa shape index (κ3) is 9.57. The summed E-state index contributed by atoms with van der Waals surface area (Å²) in [5.74, 6) is 0.475. The van der Waals surface area contributed by atoms with Crippen LogP contribution in [-0.4, -0.2) is 40.1 Å². The van der Waals surface area contributed by atoms with Crippen molar-refractivity contribution in [2.75, 3.05) is 0 Å². The maximum atomic E-state index is 13.2. The fourth-order valence-electron chi connectivity index (χ4n) is 4.11. The zero-order valence-corrected chi connectivity index (χ0v) is 22.2. The van der Waals surface area contributed by atoms with Crippen LogP contribution in [0.25, 0.3) is 0 Å². The predicted molar refractivity (Wildman–Crippen MR) is 142 cm³/mol. The highest BCUT2D eigenvalue weighted by molar-refractivity contribution is 8.14. The summed E-state index contributed by atoms with van der Waals surface area (Å²) in [6.07, 6.45) is 2.08. The van der Waals surface area contributed by atoms with Crippen molar-refractivity contribution in [2.45, 2.75) is 82.9 Å². The Morgan fingerprint density at radius 1 is 1.00 bits per heavy atom. The molecular formula is C28H36N2O5S. The van der Waals surface area contributed by atoms with Crippen LogP contribution in [0.5, 0.6) is 5.75 Å². The number of thioether (sulfide) groups is 1. The number of amides is 2. The van der Waals surface area contributed by atoms with Crippen molar-refractivity contribution in [2.24, 2.45) is 0 Å². The minimum Gasteiger partial charge on any atom is -0.488 e. The molecule has 8 heteroatoms. The molecule has 36 heavy (non-hydrogen) atoms. The lowest BCUT2D eigenvalue weighted by atomic mass is 10.0. The first-order valence-corrected chi connectivity index (χ1v) is 13.2. The lowest BCUT2D eigenvalue weighted by molar-refractivity contribution is -0.123. The Morgan fingerprint density at radius 2 is 1.69 bits per heavy atom. The zero-order valence-electron chi connectivity index (χ0n) is 21.4. The molecule has 1 aliphatic rings. The van der Waals surface area contributed by atoms with Gasteiger partial charge in [-0.1, -0.05) is 54.2 Å². The molecule has 2 aromatic rings. The fraction of sp³-hybridized carbons (Fsp3) is 0.464. The van der Waals surface area contributed by atoms with Gasteiger partial charge in [0.05, 0.1) is 0 Å². The molecule has 0 saturated heterocycles. The number of hydrogen-bond donors (Lipinski definition) is 2. The average molecular weight is 513 g/mol. The lowest BCUT2D eigenvalue weighted by Gasteiger charge is -2.22. The molecule has 3 atom stereocenters. The van der Waals surface area contributed by atoms with Crippen LogP contribution in [0.4, 0.5) is 4.79 Å². The largest absolute Gasteiger partial charge is 0.488 e. The van der Waals surface area contributed by atoms with E-state index < -0.39 is 12.1 Å². The van der Waals surface area contributed by atoms with Crippen LogP contribution in [0.3, 0.4) is 0 Å². The smallest absolute Gasteiger partial charge is 0.408 e. The molecule has 7 nitrogen and oxygen atoms in total. The number of rotatable bonds is 9. The normalized spacial score (nSPS) is 18.2. The van der Waals surface area contributed by atoms with Gasteiger partial charge in [0.1, 0.15) is 24.0 Å². The molecule has 194 valence electrons. The minimum atomic E-state index is -0.804. The highest BCUT2D eigenvalue weighted by atomic mass is 32.2. The van der Waals surface area contributed by atoms with Crippen molar-refractivity contribution < 1.29 is 23.9 Å². The molecule has 1 aliphatic carbocycles. The third-order valence-electron chi connectivity index (χ3n) is 5.67. The summed E-state index contributed by atoms with van der Waals surface area (Å²) in [4.78, 5) is 37.2. The van der Waals surface area contributed by atoms with Gasteiger partial charge in [-0.15, -0.1) is 0 Å². The van der Waals surface area contributed by atoms with E-state index in [-0.39, 0.29) is 34.5 Å². The van der Waals surface area contributed by atoms with Gasteiger partial charge < -0.3 is 20.1 Å². The SMILES string of the molecule is CC(=O)SC1CCC(NC(=O)C(Cc2ccc(OC(C)(C)C)cc2)NC(=O)OCc2ccccc2)C1. The second-order valence-corrected chi connectivity index (χ2v) is 11.5. The van der Waals surface area contributed by atoms with Crippen LogP contribution >= 0.6 is 11.8 Å². The van der Waals surface area contributed by atoms with Crippen molar-refractivity contribution >= 4 is 28.9 Å². The molecule has 0 radical (unpaired) electrons. The summed E-state index contributed by atoms with van der Waals surface area (Å²) < 4.78 is 11.2. The van der Waals surface area contributed by atoms with Gasteiger partial charge in [-0.3, -0.25) is 9.59 Å². The Balaban J connectivity index is 1.64. The summed E-state index contributed by atoms with van der Waals surface area (Å²) in [7, 11) is 0. The second-order valence-electron chi connectivity index (χ2n) is 10.1. The Bertz CT molecular complexity index is 1020. The second kappa shape index (κ2) is 12.8. The summed E-state index contributed by atoms with van der Waals surface area (Å²) in [6, 6.07) is 16.1. The number of nitrogens with one attached hydrogen (secondary N) is 2. The number of carbonyl (C=O) groups excluding carboxylic acids is 3. The molecule has 2 N–H and O–H groups in total. The predicted octanol–water partition coefficient (Wildman–Crippen LogP) is 5.02. The Morgan fingerprint density at radius 3 is 2.33 bits per heavy atom. The van der Waals surface area contributed by atoms with Crippen LogP contribution in [0.15, 0.2) is 54.6 Å². The van der Waals surface area contributed by atoms with E-state index in [1.54, 1.807) is 6.92 Å². The molecule has 1 fully saturated rings. The van der Waals surface area contributed by atoms with E-state index in [4.69, 9.17) is 9.47 Å². The summed E-state index contributed by atoms with van der Waals surface area (Å²) in [5, 5.41) is 6.11. The van der Waals surface area contributed by atoms with Crippen LogP contribution in [0.1, 0.15) is 58.1 Å². The van der Waals surface area contributed by atoms with Crippen molar-refractivity contribution in [3.63, 3.8) is 0 Å². The van der Waals surface area contributed by atoms with Crippen LogP contribution in [-0.2, 0) is 27.4 Å². The van der Waals surface area contributed by atoms with Crippen LogP contribution in [0.2, 0.25) is 0 Å². The van der Waals surface area contributed by atoms with E-state index in [0.717, 1.165) is 36.1 Å². The van der Waals surface area contributed by atoms with Crippen molar-refractivity contribution in [1.29, 1.82) is 0 Å². The molecular weight excluding hydrogens is 476 g/mol. The zero-order chi connectivity index (χ0) is 26.1. The topological polar surface area (TPSA) is 93.7 Å². The van der Waals surface area contributed by atoms with Crippen molar-refractivity contribution in [1.82, 2.24) is 10.6 Å². The van der Waals surface area contributed by atoms with Crippen LogP contribution < -0.4 is 15.4 Å². The first-order chi connectivity index (χ1) is 17.1. The number of alkyl carbamates (subject to hydrolysis) is 1. The van der Waals surface area contributed by atoms with Gasteiger partial charge >= 0.3 is 6.09 Å². The highest BCUT2D eigenvalue weighted by Gasteiger charge is 2.30. The Hall–Kier alpha value is -3.00. The lowest BCUT2D eigenvalue weighted by Crippen LogP contribution is -2.50. The molecule has 0 aliphatic heterocycles. The summed E-state index contributed by atoms with van der Waals surface area (Å²) >= 11 is 1.33. The van der Waals surface area contributed by atoms with Crippen LogP contribution in [0, 0.1) is 0 Å². The number of hydrogen-bond acceptors (Lipinski definition) is 6. The van der Waals surface area contributed by atoms with E-state index in [1.807, 2.05) is 75.4 Å². The van der Waals surface area contributed by atoms with Gasteiger partial charge in [0.15, 0.2) is 5.12 Å². The Labute approximate surface area is 217 Å². The number of ether oxygens (including phenoxy) is 2. The minimum absolute atomic E-state index is 0.0263. The van der Waals surface area contributed by atoms with Crippen molar-refractivity contribution in [3.8, 4) is 5.75 Å². The molecule has 3 rings (SSSR count). The van der Waals surface area contributed by atoms with Gasteiger partial charge in [0.2, 0.25) is 5.91 Å². The Kier molecular flexibility index (Phi) is 9.81. The summed E-state index contributed by atoms with van der Waals surface area (Å²) in [5.41, 5.74) is 1.44. The quantitative estimate of drug-likeness (QED) is 0.490. The molecule has 0 heterocycles. The monoisotopic (exact) mass is 512 g/mol. The summed E-state index contributed by atoms with van der Waals surface area (Å²) in [6.45, 7) is 7.63. The van der Waals surface area contributed by atoms with Gasteiger partial charge in [0, 0.05) is 24.6 Å². The van der Waals surface area contributed by atoms with E-state index >= 15 is 0 Å². The molecule has 0 aromatic heterocycles. The molecule has 1 saturated carbocycles. The first-order valence-electron chi connectivity index (χ1n) is 12.3. The molecule has 2 amide bonds.